The number of aliphatic carboxylic acids is 1. The Hall–Kier alpha value is -3.88. The summed E-state index contributed by atoms with van der Waals surface area (Å²) >= 11 is 0. The number of carboxylic acids is 1. The molecule has 162 valence electrons. The van der Waals surface area contributed by atoms with Crippen molar-refractivity contribution in [1.29, 1.82) is 0 Å². The number of hydrogen-bond acceptors (Lipinski definition) is 5. The molecule has 2 atom stereocenters. The van der Waals surface area contributed by atoms with Crippen molar-refractivity contribution in [2.45, 2.75) is 24.5 Å². The molecule has 0 radical (unpaired) electrons. The van der Waals surface area contributed by atoms with Crippen molar-refractivity contribution in [3.8, 4) is 0 Å². The van der Waals surface area contributed by atoms with Gasteiger partial charge in [0.05, 0.1) is 6.54 Å². The molecule has 3 rings (SSSR count). The van der Waals surface area contributed by atoms with E-state index in [0.717, 1.165) is 11.1 Å². The minimum absolute atomic E-state index is 0.0660. The van der Waals surface area contributed by atoms with Gasteiger partial charge in [-0.25, -0.2) is 9.59 Å². The van der Waals surface area contributed by atoms with Crippen molar-refractivity contribution >= 4 is 23.9 Å². The van der Waals surface area contributed by atoms with Crippen molar-refractivity contribution in [3.63, 3.8) is 0 Å². The van der Waals surface area contributed by atoms with Crippen molar-refractivity contribution in [3.05, 3.63) is 71.8 Å². The summed E-state index contributed by atoms with van der Waals surface area (Å²) in [6, 6.07) is 18.1. The first-order chi connectivity index (χ1) is 14.9. The molecule has 0 saturated heterocycles. The minimum Gasteiger partial charge on any atom is -0.479 e. The van der Waals surface area contributed by atoms with Crippen molar-refractivity contribution in [2.24, 2.45) is 0 Å². The maximum atomic E-state index is 12.2. The van der Waals surface area contributed by atoms with Gasteiger partial charge in [0.1, 0.15) is 18.7 Å². The summed E-state index contributed by atoms with van der Waals surface area (Å²) in [7, 11) is 0. The number of alkyl carbamates (subject to hydrolysis) is 1. The summed E-state index contributed by atoms with van der Waals surface area (Å²) in [6.45, 7) is -0.718. The Morgan fingerprint density at radius 2 is 1.52 bits per heavy atom. The zero-order valence-corrected chi connectivity index (χ0v) is 16.7. The van der Waals surface area contributed by atoms with Gasteiger partial charge in [0, 0.05) is 5.92 Å². The molecule has 1 aliphatic carbocycles. The van der Waals surface area contributed by atoms with Crippen LogP contribution in [-0.4, -0.2) is 47.6 Å². The maximum absolute atomic E-state index is 12.2. The number of rotatable bonds is 9. The first-order valence-electron chi connectivity index (χ1n) is 9.71. The molecule has 4 N–H and O–H groups in total. The van der Waals surface area contributed by atoms with Crippen LogP contribution >= 0.6 is 0 Å². The lowest BCUT2D eigenvalue weighted by Gasteiger charge is -2.15. The van der Waals surface area contributed by atoms with E-state index in [2.05, 4.69) is 16.0 Å². The molecule has 0 aliphatic heterocycles. The second-order valence-corrected chi connectivity index (χ2v) is 7.18. The van der Waals surface area contributed by atoms with Gasteiger partial charge < -0.3 is 25.8 Å². The fraction of sp³-hybridized carbons (Fsp3) is 0.273. The molecule has 0 aromatic heterocycles. The fourth-order valence-corrected chi connectivity index (χ4v) is 3.24. The Kier molecular flexibility index (Phi) is 6.86. The SMILES string of the molecule is O=C(CNC(=O)OCc1ccccc1)NCC(=O)NC1(C(=O)O)CC1c1ccccc1. The van der Waals surface area contributed by atoms with Gasteiger partial charge in [-0.3, -0.25) is 9.59 Å². The molecule has 3 amide bonds. The lowest BCUT2D eigenvalue weighted by Crippen LogP contribution is -2.49. The van der Waals surface area contributed by atoms with Gasteiger partial charge in [-0.2, -0.15) is 0 Å². The van der Waals surface area contributed by atoms with Crippen molar-refractivity contribution in [1.82, 2.24) is 16.0 Å². The van der Waals surface area contributed by atoms with Crippen LogP contribution in [0.2, 0.25) is 0 Å². The molecular formula is C22H23N3O6. The lowest BCUT2D eigenvalue weighted by atomic mass is 10.1. The Labute approximate surface area is 178 Å². The normalized spacial score (nSPS) is 19.0. The Morgan fingerprint density at radius 1 is 0.903 bits per heavy atom. The van der Waals surface area contributed by atoms with E-state index >= 15 is 0 Å². The molecule has 0 spiro atoms. The minimum atomic E-state index is -1.37. The summed E-state index contributed by atoms with van der Waals surface area (Å²) in [6.07, 6.45) is -0.488. The predicted octanol–water partition coefficient (Wildman–Crippen LogP) is 1.16. The van der Waals surface area contributed by atoms with E-state index in [4.69, 9.17) is 4.74 Å². The summed E-state index contributed by atoms with van der Waals surface area (Å²) in [5.41, 5.74) is 0.260. The van der Waals surface area contributed by atoms with E-state index in [1.807, 2.05) is 36.4 Å². The van der Waals surface area contributed by atoms with Gasteiger partial charge in [-0.05, 0) is 17.5 Å². The van der Waals surface area contributed by atoms with Crippen LogP contribution in [0.4, 0.5) is 4.79 Å². The largest absolute Gasteiger partial charge is 0.479 e. The molecule has 2 aromatic carbocycles. The van der Waals surface area contributed by atoms with Gasteiger partial charge in [0.25, 0.3) is 0 Å². The average Bonchev–Trinajstić information content (AvgIpc) is 3.51. The van der Waals surface area contributed by atoms with Gasteiger partial charge in [-0.15, -0.1) is 0 Å². The van der Waals surface area contributed by atoms with Gasteiger partial charge in [0.2, 0.25) is 11.8 Å². The van der Waals surface area contributed by atoms with Gasteiger partial charge in [0.15, 0.2) is 0 Å². The zero-order chi connectivity index (χ0) is 22.3. The van der Waals surface area contributed by atoms with Crippen molar-refractivity contribution < 1.29 is 29.0 Å². The van der Waals surface area contributed by atoms with Crippen LogP contribution in [0.15, 0.2) is 60.7 Å². The number of hydrogen-bond donors (Lipinski definition) is 4. The summed E-state index contributed by atoms with van der Waals surface area (Å²) < 4.78 is 4.98. The zero-order valence-electron chi connectivity index (χ0n) is 16.7. The van der Waals surface area contributed by atoms with Crippen LogP contribution in [0.3, 0.4) is 0 Å². The van der Waals surface area contributed by atoms with E-state index in [9.17, 15) is 24.3 Å². The van der Waals surface area contributed by atoms with Crippen molar-refractivity contribution in [2.75, 3.05) is 13.1 Å². The maximum Gasteiger partial charge on any atom is 0.407 e. The van der Waals surface area contributed by atoms with Crippen LogP contribution in [0.25, 0.3) is 0 Å². The quantitative estimate of drug-likeness (QED) is 0.476. The molecule has 1 aliphatic rings. The summed E-state index contributed by atoms with van der Waals surface area (Å²) in [4.78, 5) is 47.4. The van der Waals surface area contributed by atoms with E-state index in [1.165, 1.54) is 0 Å². The molecule has 1 fully saturated rings. The standard InChI is InChI=1S/C22H23N3O6/c26-18(12-24-21(30)31-14-15-7-3-1-4-8-15)23-13-19(27)25-22(20(28)29)11-17(22)16-9-5-2-6-10-16/h1-10,17H,11-14H2,(H,23,26)(H,24,30)(H,25,27)(H,28,29). The highest BCUT2D eigenvalue weighted by Gasteiger charge is 2.62. The van der Waals surface area contributed by atoms with Gasteiger partial charge in [-0.1, -0.05) is 60.7 Å². The number of ether oxygens (including phenoxy) is 1. The monoisotopic (exact) mass is 425 g/mol. The third kappa shape index (κ3) is 5.81. The highest BCUT2D eigenvalue weighted by molar-refractivity contribution is 5.93. The van der Waals surface area contributed by atoms with Crippen LogP contribution in [0.1, 0.15) is 23.5 Å². The molecule has 9 nitrogen and oxygen atoms in total. The number of carbonyl (C=O) groups is 4. The predicted molar refractivity (Wildman–Crippen MR) is 110 cm³/mol. The molecular weight excluding hydrogens is 402 g/mol. The molecule has 2 aromatic rings. The number of carboxylic acid groups (broad SMARTS) is 1. The second-order valence-electron chi connectivity index (χ2n) is 7.18. The van der Waals surface area contributed by atoms with Gasteiger partial charge >= 0.3 is 12.1 Å². The highest BCUT2D eigenvalue weighted by Crippen LogP contribution is 2.51. The number of amides is 3. The lowest BCUT2D eigenvalue weighted by molar-refractivity contribution is -0.143. The van der Waals surface area contributed by atoms with Crippen LogP contribution < -0.4 is 16.0 Å². The smallest absolute Gasteiger partial charge is 0.407 e. The van der Waals surface area contributed by atoms with Crippen LogP contribution in [0.5, 0.6) is 0 Å². The number of benzene rings is 2. The number of carbonyl (C=O) groups excluding carboxylic acids is 3. The first-order valence-corrected chi connectivity index (χ1v) is 9.71. The van der Waals surface area contributed by atoms with E-state index in [-0.39, 0.29) is 25.5 Å². The van der Waals surface area contributed by atoms with Crippen LogP contribution in [0, 0.1) is 0 Å². The number of nitrogens with one attached hydrogen (secondary N) is 3. The second kappa shape index (κ2) is 9.75. The Balaban J connectivity index is 1.38. The third-order valence-corrected chi connectivity index (χ3v) is 4.96. The highest BCUT2D eigenvalue weighted by atomic mass is 16.5. The summed E-state index contributed by atoms with van der Waals surface area (Å²) in [5.74, 6) is -2.68. The van der Waals surface area contributed by atoms with E-state index < -0.39 is 36.0 Å². The molecule has 31 heavy (non-hydrogen) atoms. The fourth-order valence-electron chi connectivity index (χ4n) is 3.24. The molecule has 9 heteroatoms. The molecule has 0 heterocycles. The van der Waals surface area contributed by atoms with E-state index in [0.29, 0.717) is 0 Å². The first kappa shape index (κ1) is 21.8. The van der Waals surface area contributed by atoms with E-state index in [1.54, 1.807) is 24.3 Å². The van der Waals surface area contributed by atoms with Crippen LogP contribution in [-0.2, 0) is 25.7 Å². The molecule has 0 bridgehead atoms. The topological polar surface area (TPSA) is 134 Å². The summed E-state index contributed by atoms with van der Waals surface area (Å²) in [5, 5.41) is 16.7. The Bertz CT molecular complexity index is 950. The average molecular weight is 425 g/mol. The molecule has 2 unspecified atom stereocenters. The third-order valence-electron chi connectivity index (χ3n) is 4.96. The Morgan fingerprint density at radius 3 is 2.16 bits per heavy atom. The molecule has 1 saturated carbocycles.